The number of amides is 2. The van der Waals surface area contributed by atoms with E-state index in [4.69, 9.17) is 13.9 Å². The van der Waals surface area contributed by atoms with Gasteiger partial charge in [0.1, 0.15) is 23.1 Å². The van der Waals surface area contributed by atoms with Crippen LogP contribution in [0.25, 0.3) is 0 Å². The fraction of sp³-hybridized carbons (Fsp3) is 0.345. The van der Waals surface area contributed by atoms with E-state index < -0.39 is 5.82 Å². The van der Waals surface area contributed by atoms with Gasteiger partial charge in [-0.15, -0.1) is 0 Å². The summed E-state index contributed by atoms with van der Waals surface area (Å²) in [5, 5.41) is 2.89. The molecule has 1 saturated heterocycles. The number of halogens is 1. The first kappa shape index (κ1) is 26.4. The number of ketones is 1. The molecule has 9 nitrogen and oxygen atoms in total. The SMILES string of the molecule is O=C(COc1ccc(F)cc1)c1ccc2c(c1)N(Cc1ccc(C(=O)NCCN3CCCCC3)o1)C(=O)CO2. The number of likely N-dealkylation sites (tertiary alicyclic amines) is 1. The van der Waals surface area contributed by atoms with Crippen LogP contribution >= 0.6 is 0 Å². The number of benzene rings is 2. The molecule has 10 heteroatoms. The highest BCUT2D eigenvalue weighted by Gasteiger charge is 2.28. The van der Waals surface area contributed by atoms with Crippen molar-refractivity contribution in [1.29, 1.82) is 0 Å². The fourth-order valence-electron chi connectivity index (χ4n) is 4.65. The van der Waals surface area contributed by atoms with Crippen LogP contribution < -0.4 is 19.7 Å². The van der Waals surface area contributed by atoms with Crippen LogP contribution in [0.3, 0.4) is 0 Å². The van der Waals surface area contributed by atoms with Crippen molar-refractivity contribution in [2.75, 3.05) is 44.3 Å². The number of Topliss-reactive ketones (excluding diaryl/α,β-unsaturated/α-hetero) is 1. The Labute approximate surface area is 225 Å². The van der Waals surface area contributed by atoms with Gasteiger partial charge in [0.25, 0.3) is 11.8 Å². The van der Waals surface area contributed by atoms with E-state index in [-0.39, 0.29) is 43.1 Å². The average molecular weight is 536 g/mol. The standard InChI is InChI=1S/C29H30FN3O6/c30-21-5-7-22(8-6-21)37-18-25(34)20-4-10-26-24(16-20)33(28(35)19-38-26)17-23-9-11-27(39-23)29(36)31-12-15-32-13-2-1-3-14-32/h4-11,16H,1-3,12-15,17-19H2,(H,31,36). The van der Waals surface area contributed by atoms with Crippen molar-refractivity contribution in [2.45, 2.75) is 25.8 Å². The highest BCUT2D eigenvalue weighted by atomic mass is 19.1. The summed E-state index contributed by atoms with van der Waals surface area (Å²) in [4.78, 5) is 41.9. The van der Waals surface area contributed by atoms with Crippen LogP contribution in [0.15, 0.2) is 59.0 Å². The molecule has 0 unspecified atom stereocenters. The Balaban J connectivity index is 1.21. The summed E-state index contributed by atoms with van der Waals surface area (Å²) < 4.78 is 29.9. The van der Waals surface area contributed by atoms with E-state index in [9.17, 15) is 18.8 Å². The lowest BCUT2D eigenvalue weighted by Crippen LogP contribution is -2.38. The topological polar surface area (TPSA) is 101 Å². The molecule has 2 aliphatic rings. The summed E-state index contributed by atoms with van der Waals surface area (Å²) in [7, 11) is 0. The second-order valence-corrected chi connectivity index (χ2v) is 9.54. The van der Waals surface area contributed by atoms with Crippen LogP contribution in [0.5, 0.6) is 11.5 Å². The molecule has 1 aromatic heterocycles. The first-order valence-corrected chi connectivity index (χ1v) is 13.0. The zero-order valence-corrected chi connectivity index (χ0v) is 21.5. The molecular weight excluding hydrogens is 505 g/mol. The third-order valence-electron chi connectivity index (χ3n) is 6.77. The van der Waals surface area contributed by atoms with E-state index in [1.165, 1.54) is 48.4 Å². The average Bonchev–Trinajstić information content (AvgIpc) is 3.43. The molecule has 2 aliphatic heterocycles. The number of ether oxygens (including phenoxy) is 2. The summed E-state index contributed by atoms with van der Waals surface area (Å²) in [6.07, 6.45) is 3.65. The minimum Gasteiger partial charge on any atom is -0.485 e. The van der Waals surface area contributed by atoms with E-state index in [2.05, 4.69) is 10.2 Å². The Kier molecular flexibility index (Phi) is 8.21. The van der Waals surface area contributed by atoms with Gasteiger partial charge in [0.15, 0.2) is 24.8 Å². The minimum atomic E-state index is -0.398. The second kappa shape index (κ2) is 12.1. The molecule has 3 heterocycles. The molecule has 204 valence electrons. The van der Waals surface area contributed by atoms with Crippen molar-refractivity contribution in [1.82, 2.24) is 10.2 Å². The number of nitrogens with one attached hydrogen (secondary N) is 1. The van der Waals surface area contributed by atoms with E-state index in [0.717, 1.165) is 19.6 Å². The lowest BCUT2D eigenvalue weighted by molar-refractivity contribution is -0.121. The van der Waals surface area contributed by atoms with Crippen LogP contribution in [-0.4, -0.2) is 61.9 Å². The van der Waals surface area contributed by atoms with Gasteiger partial charge in [-0.25, -0.2) is 4.39 Å². The summed E-state index contributed by atoms with van der Waals surface area (Å²) in [5.41, 5.74) is 0.746. The molecule has 0 aliphatic carbocycles. The van der Waals surface area contributed by atoms with Crippen molar-refractivity contribution in [2.24, 2.45) is 0 Å². The van der Waals surface area contributed by atoms with E-state index in [1.54, 1.807) is 30.3 Å². The first-order valence-electron chi connectivity index (χ1n) is 13.0. The fourth-order valence-corrected chi connectivity index (χ4v) is 4.65. The second-order valence-electron chi connectivity index (χ2n) is 9.54. The highest BCUT2D eigenvalue weighted by molar-refractivity contribution is 6.02. The zero-order valence-electron chi connectivity index (χ0n) is 21.5. The van der Waals surface area contributed by atoms with Gasteiger partial charge in [0.05, 0.1) is 12.2 Å². The number of hydrogen-bond donors (Lipinski definition) is 1. The number of fused-ring (bicyclic) bond motifs is 1. The Hall–Kier alpha value is -4.18. The number of piperidine rings is 1. The summed E-state index contributed by atoms with van der Waals surface area (Å²) in [5.74, 6) is 0.0894. The molecule has 2 amide bonds. The van der Waals surface area contributed by atoms with E-state index in [1.807, 2.05) is 0 Å². The maximum atomic E-state index is 13.1. The number of furan rings is 1. The third kappa shape index (κ3) is 6.64. The monoisotopic (exact) mass is 535 g/mol. The maximum Gasteiger partial charge on any atom is 0.287 e. The molecule has 1 fully saturated rings. The Morgan fingerprint density at radius 1 is 1.00 bits per heavy atom. The molecule has 0 bridgehead atoms. The van der Waals surface area contributed by atoms with Crippen molar-refractivity contribution >= 4 is 23.3 Å². The molecule has 0 radical (unpaired) electrons. The molecule has 3 aromatic rings. The van der Waals surface area contributed by atoms with Crippen molar-refractivity contribution in [3.05, 3.63) is 77.5 Å². The number of carbonyl (C=O) groups is 3. The molecular formula is C29H30FN3O6. The molecule has 2 aromatic carbocycles. The number of anilines is 1. The van der Waals surface area contributed by atoms with Gasteiger partial charge in [-0.2, -0.15) is 0 Å². The van der Waals surface area contributed by atoms with Gasteiger partial charge in [-0.3, -0.25) is 19.3 Å². The van der Waals surface area contributed by atoms with Crippen molar-refractivity contribution in [3.8, 4) is 11.5 Å². The number of rotatable bonds is 10. The molecule has 0 spiro atoms. The number of nitrogens with zero attached hydrogens (tertiary/aromatic N) is 2. The predicted molar refractivity (Wildman–Crippen MR) is 141 cm³/mol. The smallest absolute Gasteiger partial charge is 0.287 e. The first-order chi connectivity index (χ1) is 19.0. The summed E-state index contributed by atoms with van der Waals surface area (Å²) in [6, 6.07) is 13.4. The van der Waals surface area contributed by atoms with Gasteiger partial charge in [-0.05, 0) is 80.5 Å². The largest absolute Gasteiger partial charge is 0.485 e. The number of carbonyl (C=O) groups excluding carboxylic acids is 3. The van der Waals surface area contributed by atoms with Gasteiger partial charge in [-0.1, -0.05) is 6.42 Å². The Morgan fingerprint density at radius 3 is 2.59 bits per heavy atom. The Bertz CT molecular complexity index is 1330. The minimum absolute atomic E-state index is 0.0694. The van der Waals surface area contributed by atoms with Gasteiger partial charge >= 0.3 is 0 Å². The van der Waals surface area contributed by atoms with Gasteiger partial charge < -0.3 is 24.1 Å². The Morgan fingerprint density at radius 2 is 1.79 bits per heavy atom. The van der Waals surface area contributed by atoms with Crippen LogP contribution in [0.2, 0.25) is 0 Å². The van der Waals surface area contributed by atoms with Crippen LogP contribution in [0.1, 0.15) is 45.9 Å². The molecule has 39 heavy (non-hydrogen) atoms. The van der Waals surface area contributed by atoms with Gasteiger partial charge in [0, 0.05) is 18.7 Å². The van der Waals surface area contributed by atoms with Crippen LogP contribution in [-0.2, 0) is 11.3 Å². The highest BCUT2D eigenvalue weighted by Crippen LogP contribution is 2.34. The third-order valence-corrected chi connectivity index (χ3v) is 6.77. The lowest BCUT2D eigenvalue weighted by atomic mass is 10.1. The van der Waals surface area contributed by atoms with Crippen molar-refractivity contribution in [3.63, 3.8) is 0 Å². The molecule has 1 N–H and O–H groups in total. The van der Waals surface area contributed by atoms with E-state index in [0.29, 0.717) is 35.1 Å². The van der Waals surface area contributed by atoms with Crippen LogP contribution in [0, 0.1) is 5.82 Å². The summed E-state index contributed by atoms with van der Waals surface area (Å²) in [6.45, 7) is 3.11. The number of hydrogen-bond acceptors (Lipinski definition) is 7. The summed E-state index contributed by atoms with van der Waals surface area (Å²) >= 11 is 0. The predicted octanol–water partition coefficient (Wildman–Crippen LogP) is 3.82. The normalized spacial score (nSPS) is 15.4. The maximum absolute atomic E-state index is 13.1. The van der Waals surface area contributed by atoms with Crippen LogP contribution in [0.4, 0.5) is 10.1 Å². The molecule has 5 rings (SSSR count). The zero-order chi connectivity index (χ0) is 27.2. The van der Waals surface area contributed by atoms with Gasteiger partial charge in [0.2, 0.25) is 0 Å². The van der Waals surface area contributed by atoms with Crippen molar-refractivity contribution < 1.29 is 32.7 Å². The molecule has 0 saturated carbocycles. The van der Waals surface area contributed by atoms with E-state index >= 15 is 0 Å². The molecule has 0 atom stereocenters. The lowest BCUT2D eigenvalue weighted by Gasteiger charge is -2.29. The quantitative estimate of drug-likeness (QED) is 0.394.